The van der Waals surface area contributed by atoms with E-state index in [1.807, 2.05) is 13.8 Å². The summed E-state index contributed by atoms with van der Waals surface area (Å²) >= 11 is 0. The molecular weight excluding hydrogens is 214 g/mol. The Kier molecular flexibility index (Phi) is 3.79. The monoisotopic (exact) mass is 235 g/mol. The quantitative estimate of drug-likeness (QED) is 0.788. The van der Waals surface area contributed by atoms with Crippen molar-refractivity contribution < 1.29 is 13.5 Å². The smallest absolute Gasteiger partial charge is 0.214 e. The van der Waals surface area contributed by atoms with Crippen LogP contribution in [0.4, 0.5) is 0 Å². The number of nitrogens with zero attached hydrogens (tertiary/aromatic N) is 1. The van der Waals surface area contributed by atoms with Crippen LogP contribution in [0.1, 0.15) is 33.6 Å². The number of piperidine rings is 1. The maximum Gasteiger partial charge on any atom is 0.214 e. The van der Waals surface area contributed by atoms with E-state index in [9.17, 15) is 13.5 Å². The second-order valence-corrected chi connectivity index (χ2v) is 7.12. The average molecular weight is 235 g/mol. The zero-order chi connectivity index (χ0) is 11.7. The molecule has 1 N–H and O–H groups in total. The van der Waals surface area contributed by atoms with Crippen molar-refractivity contribution >= 4 is 10.0 Å². The van der Waals surface area contributed by atoms with E-state index in [0.29, 0.717) is 13.0 Å². The maximum atomic E-state index is 11.9. The summed E-state index contributed by atoms with van der Waals surface area (Å²) in [4.78, 5) is 0. The number of hydrogen-bond donors (Lipinski definition) is 1. The Hall–Kier alpha value is -0.130. The normalized spacial score (nSPS) is 29.7. The van der Waals surface area contributed by atoms with Crippen molar-refractivity contribution in [3.8, 4) is 0 Å². The van der Waals surface area contributed by atoms with Gasteiger partial charge in [-0.3, -0.25) is 0 Å². The minimum Gasteiger partial charge on any atom is -0.389 e. The Balaban J connectivity index is 2.71. The molecule has 1 fully saturated rings. The van der Waals surface area contributed by atoms with E-state index < -0.39 is 15.6 Å². The lowest BCUT2D eigenvalue weighted by molar-refractivity contribution is 0.00934. The highest BCUT2D eigenvalue weighted by Crippen LogP contribution is 2.23. The van der Waals surface area contributed by atoms with E-state index in [4.69, 9.17) is 0 Å². The van der Waals surface area contributed by atoms with Gasteiger partial charge in [-0.05, 0) is 25.7 Å². The molecule has 0 amide bonds. The Morgan fingerprint density at radius 1 is 1.47 bits per heavy atom. The molecule has 0 aliphatic carbocycles. The van der Waals surface area contributed by atoms with Crippen LogP contribution in [0.3, 0.4) is 0 Å². The largest absolute Gasteiger partial charge is 0.389 e. The van der Waals surface area contributed by atoms with Gasteiger partial charge in [0.1, 0.15) is 0 Å². The molecule has 0 aromatic rings. The third-order valence-corrected chi connectivity index (χ3v) is 4.76. The second-order valence-electron chi connectivity index (χ2n) is 5.11. The van der Waals surface area contributed by atoms with Crippen molar-refractivity contribution in [2.45, 2.75) is 39.2 Å². The topological polar surface area (TPSA) is 57.6 Å². The van der Waals surface area contributed by atoms with Gasteiger partial charge in [0.25, 0.3) is 0 Å². The van der Waals surface area contributed by atoms with Crippen molar-refractivity contribution in [3.05, 3.63) is 0 Å². The van der Waals surface area contributed by atoms with Gasteiger partial charge in [-0.1, -0.05) is 13.8 Å². The van der Waals surface area contributed by atoms with Gasteiger partial charge < -0.3 is 5.11 Å². The minimum atomic E-state index is -3.18. The molecule has 0 saturated carbocycles. The van der Waals surface area contributed by atoms with E-state index in [-0.39, 0.29) is 18.2 Å². The zero-order valence-electron chi connectivity index (χ0n) is 9.73. The molecule has 0 aromatic carbocycles. The Labute approximate surface area is 92.3 Å². The number of aliphatic hydroxyl groups is 1. The van der Waals surface area contributed by atoms with Crippen LogP contribution in [0.25, 0.3) is 0 Å². The molecule has 5 heteroatoms. The lowest BCUT2D eigenvalue weighted by atomic mass is 9.97. The molecule has 1 heterocycles. The highest BCUT2D eigenvalue weighted by Gasteiger charge is 2.34. The van der Waals surface area contributed by atoms with E-state index in [1.54, 1.807) is 6.92 Å². The van der Waals surface area contributed by atoms with Gasteiger partial charge in [-0.25, -0.2) is 8.42 Å². The van der Waals surface area contributed by atoms with Gasteiger partial charge in [-0.15, -0.1) is 0 Å². The third kappa shape index (κ3) is 3.74. The van der Waals surface area contributed by atoms with E-state index >= 15 is 0 Å². The molecule has 1 rings (SSSR count). The average Bonchev–Trinajstić information content (AvgIpc) is 1.99. The fourth-order valence-corrected chi connectivity index (χ4v) is 3.87. The molecule has 1 atom stereocenters. The first-order valence-corrected chi connectivity index (χ1v) is 7.04. The highest BCUT2D eigenvalue weighted by atomic mass is 32.2. The van der Waals surface area contributed by atoms with Crippen LogP contribution in [0.2, 0.25) is 0 Å². The molecule has 1 aliphatic heterocycles. The molecule has 0 aromatic heterocycles. The second kappa shape index (κ2) is 4.39. The molecular formula is C10H21NO3S. The fraction of sp³-hybridized carbons (Fsp3) is 1.00. The molecule has 90 valence electrons. The number of hydrogen-bond acceptors (Lipinski definition) is 3. The predicted octanol–water partition coefficient (Wildman–Crippen LogP) is 0.819. The fourth-order valence-electron chi connectivity index (χ4n) is 1.94. The summed E-state index contributed by atoms with van der Waals surface area (Å²) < 4.78 is 25.2. The molecule has 1 saturated heterocycles. The predicted molar refractivity (Wildman–Crippen MR) is 60.1 cm³/mol. The number of sulfonamides is 1. The zero-order valence-corrected chi connectivity index (χ0v) is 10.5. The Morgan fingerprint density at radius 2 is 2.07 bits per heavy atom. The van der Waals surface area contributed by atoms with Gasteiger partial charge in [0, 0.05) is 13.1 Å². The first-order valence-electron chi connectivity index (χ1n) is 5.43. The van der Waals surface area contributed by atoms with E-state index in [2.05, 4.69) is 0 Å². The number of rotatable bonds is 3. The molecule has 1 unspecified atom stereocenters. The maximum absolute atomic E-state index is 11.9. The molecule has 0 radical (unpaired) electrons. The molecule has 0 spiro atoms. The van der Waals surface area contributed by atoms with Crippen LogP contribution in [-0.2, 0) is 10.0 Å². The first kappa shape index (κ1) is 12.9. The summed E-state index contributed by atoms with van der Waals surface area (Å²) in [7, 11) is -3.18. The lowest BCUT2D eigenvalue weighted by Crippen LogP contribution is -2.49. The third-order valence-electron chi connectivity index (χ3n) is 2.58. The van der Waals surface area contributed by atoms with Gasteiger partial charge in [0.15, 0.2) is 0 Å². The summed E-state index contributed by atoms with van der Waals surface area (Å²) in [5.41, 5.74) is -0.859. The molecule has 15 heavy (non-hydrogen) atoms. The molecule has 4 nitrogen and oxygen atoms in total. The summed E-state index contributed by atoms with van der Waals surface area (Å²) in [6.45, 7) is 6.26. The van der Waals surface area contributed by atoms with Crippen molar-refractivity contribution in [1.82, 2.24) is 4.31 Å². The van der Waals surface area contributed by atoms with Gasteiger partial charge >= 0.3 is 0 Å². The SMILES string of the molecule is CC(C)CS(=O)(=O)N1CCCC(C)(O)C1. The highest BCUT2D eigenvalue weighted by molar-refractivity contribution is 7.89. The van der Waals surface area contributed by atoms with E-state index in [1.165, 1.54) is 4.31 Å². The summed E-state index contributed by atoms with van der Waals surface area (Å²) in [6, 6.07) is 0. The van der Waals surface area contributed by atoms with Crippen LogP contribution in [0.5, 0.6) is 0 Å². The standard InChI is InChI=1S/C10H21NO3S/c1-9(2)7-15(13,14)11-6-4-5-10(3,12)8-11/h9,12H,4-8H2,1-3H3. The lowest BCUT2D eigenvalue weighted by Gasteiger charge is -2.36. The van der Waals surface area contributed by atoms with Gasteiger partial charge in [0.05, 0.1) is 11.4 Å². The Bertz CT molecular complexity index is 309. The van der Waals surface area contributed by atoms with E-state index in [0.717, 1.165) is 6.42 Å². The molecule has 1 aliphatic rings. The van der Waals surface area contributed by atoms with Gasteiger partial charge in [0.2, 0.25) is 10.0 Å². The van der Waals surface area contributed by atoms with Crippen molar-refractivity contribution in [2.75, 3.05) is 18.8 Å². The van der Waals surface area contributed by atoms with Crippen LogP contribution in [0, 0.1) is 5.92 Å². The van der Waals surface area contributed by atoms with Crippen LogP contribution in [-0.4, -0.2) is 42.3 Å². The first-order chi connectivity index (χ1) is 6.73. The molecule has 0 bridgehead atoms. The van der Waals surface area contributed by atoms with Gasteiger partial charge in [-0.2, -0.15) is 4.31 Å². The summed E-state index contributed by atoms with van der Waals surface area (Å²) in [5, 5.41) is 9.84. The van der Waals surface area contributed by atoms with Crippen molar-refractivity contribution in [3.63, 3.8) is 0 Å². The summed E-state index contributed by atoms with van der Waals surface area (Å²) in [5.74, 6) is 0.296. The van der Waals surface area contributed by atoms with Crippen LogP contribution in [0.15, 0.2) is 0 Å². The Morgan fingerprint density at radius 3 is 2.53 bits per heavy atom. The minimum absolute atomic E-state index is 0.127. The van der Waals surface area contributed by atoms with Crippen molar-refractivity contribution in [1.29, 1.82) is 0 Å². The van der Waals surface area contributed by atoms with Crippen LogP contribution >= 0.6 is 0 Å². The summed E-state index contributed by atoms with van der Waals surface area (Å²) in [6.07, 6.45) is 1.42. The van der Waals surface area contributed by atoms with Crippen molar-refractivity contribution in [2.24, 2.45) is 5.92 Å². The van der Waals surface area contributed by atoms with Crippen LogP contribution < -0.4 is 0 Å². The number of β-amino-alcohol motifs (C(OH)–C–C–N with tert-alkyl or cyclic N) is 1.